The summed E-state index contributed by atoms with van der Waals surface area (Å²) in [5.74, 6) is 0.942. The standard InChI is InChI=1S/C8H8N3P/c1-11-8(9-12-10-11)7-5-3-2-4-6-7/h2-6H,1H3. The Morgan fingerprint density at radius 2 is 2.00 bits per heavy atom. The molecule has 0 aliphatic carbocycles. The van der Waals surface area contributed by atoms with Crippen LogP contribution in [0.4, 0.5) is 0 Å². The molecule has 0 fully saturated rings. The van der Waals surface area contributed by atoms with Crippen LogP contribution in [0.25, 0.3) is 11.4 Å². The molecule has 0 aliphatic heterocycles. The average molecular weight is 177 g/mol. The van der Waals surface area contributed by atoms with Crippen molar-refractivity contribution in [3.8, 4) is 11.4 Å². The van der Waals surface area contributed by atoms with Gasteiger partial charge in [-0.25, -0.2) is 4.68 Å². The Morgan fingerprint density at radius 3 is 2.58 bits per heavy atom. The summed E-state index contributed by atoms with van der Waals surface area (Å²) in [6.45, 7) is 0. The van der Waals surface area contributed by atoms with Gasteiger partial charge < -0.3 is 0 Å². The van der Waals surface area contributed by atoms with E-state index in [0.29, 0.717) is 0 Å². The second kappa shape index (κ2) is 3.03. The molecule has 0 unspecified atom stereocenters. The summed E-state index contributed by atoms with van der Waals surface area (Å²) in [7, 11) is 2.69. The lowest BCUT2D eigenvalue weighted by atomic mass is 10.2. The van der Waals surface area contributed by atoms with E-state index >= 15 is 0 Å². The second-order valence-electron chi connectivity index (χ2n) is 2.49. The summed E-state index contributed by atoms with van der Waals surface area (Å²) in [5.41, 5.74) is 1.12. The van der Waals surface area contributed by atoms with E-state index in [0.717, 1.165) is 19.9 Å². The van der Waals surface area contributed by atoms with Gasteiger partial charge in [0.25, 0.3) is 0 Å². The van der Waals surface area contributed by atoms with Crippen LogP contribution in [-0.2, 0) is 7.05 Å². The van der Waals surface area contributed by atoms with Crippen LogP contribution >= 0.6 is 8.51 Å². The minimum absolute atomic E-state index is 0.779. The third kappa shape index (κ3) is 1.23. The Bertz CT molecular complexity index is 369. The first kappa shape index (κ1) is 7.44. The molecule has 0 N–H and O–H groups in total. The lowest BCUT2D eigenvalue weighted by Crippen LogP contribution is -1.93. The maximum absolute atomic E-state index is 4.24. The van der Waals surface area contributed by atoms with E-state index in [2.05, 4.69) is 9.61 Å². The first-order valence-electron chi connectivity index (χ1n) is 3.66. The van der Waals surface area contributed by atoms with E-state index < -0.39 is 0 Å². The van der Waals surface area contributed by atoms with Gasteiger partial charge in [-0.15, -0.1) is 4.86 Å². The highest BCUT2D eigenvalue weighted by molar-refractivity contribution is 7.20. The molecule has 1 aromatic carbocycles. The van der Waals surface area contributed by atoms with Gasteiger partial charge in [0, 0.05) is 12.6 Å². The average Bonchev–Trinajstić information content (AvgIpc) is 2.53. The highest BCUT2D eigenvalue weighted by Crippen LogP contribution is 2.16. The smallest absolute Gasteiger partial charge is 0.178 e. The normalized spacial score (nSPS) is 10.8. The van der Waals surface area contributed by atoms with Gasteiger partial charge in [-0.2, -0.15) is 4.75 Å². The Hall–Kier alpha value is -1.21. The molecule has 3 nitrogen and oxygen atoms in total. The van der Waals surface area contributed by atoms with E-state index in [1.807, 2.05) is 37.4 Å². The van der Waals surface area contributed by atoms with Crippen molar-refractivity contribution in [1.29, 1.82) is 0 Å². The molecule has 4 heteroatoms. The van der Waals surface area contributed by atoms with Crippen LogP contribution in [0.1, 0.15) is 0 Å². The number of hydrogen-bond donors (Lipinski definition) is 0. The van der Waals surface area contributed by atoms with Gasteiger partial charge in [-0.3, -0.25) is 0 Å². The van der Waals surface area contributed by atoms with Crippen LogP contribution in [0.5, 0.6) is 0 Å². The monoisotopic (exact) mass is 177 g/mol. The van der Waals surface area contributed by atoms with E-state index in [-0.39, 0.29) is 0 Å². The first-order chi connectivity index (χ1) is 5.88. The molecule has 1 heterocycles. The summed E-state index contributed by atoms with van der Waals surface area (Å²) in [4.78, 5) is 4.10. The summed E-state index contributed by atoms with van der Waals surface area (Å²) in [6, 6.07) is 10.1. The second-order valence-corrected chi connectivity index (χ2v) is 3.05. The largest absolute Gasteiger partial charge is 0.245 e. The molecule has 0 saturated heterocycles. The molecule has 0 spiro atoms. The molecular formula is C8H8N3P. The predicted molar refractivity (Wildman–Crippen MR) is 49.0 cm³/mol. The van der Waals surface area contributed by atoms with Gasteiger partial charge in [-0.1, -0.05) is 30.3 Å². The van der Waals surface area contributed by atoms with Crippen molar-refractivity contribution in [1.82, 2.24) is 14.3 Å². The number of aromatic nitrogens is 3. The molecule has 0 aliphatic rings. The summed E-state index contributed by atoms with van der Waals surface area (Å²) < 4.78 is 6.04. The fraction of sp³-hybridized carbons (Fsp3) is 0.125. The van der Waals surface area contributed by atoms with Crippen LogP contribution in [0.2, 0.25) is 0 Å². The topological polar surface area (TPSA) is 30.7 Å². The van der Waals surface area contributed by atoms with Gasteiger partial charge >= 0.3 is 0 Å². The lowest BCUT2D eigenvalue weighted by molar-refractivity contribution is 0.795. The van der Waals surface area contributed by atoms with Crippen molar-refractivity contribution in [3.05, 3.63) is 30.3 Å². The fourth-order valence-corrected chi connectivity index (χ4v) is 1.64. The first-order valence-corrected chi connectivity index (χ1v) is 4.46. The number of benzene rings is 1. The highest BCUT2D eigenvalue weighted by Gasteiger charge is 2.01. The number of rotatable bonds is 1. The van der Waals surface area contributed by atoms with Gasteiger partial charge in [0.2, 0.25) is 0 Å². The molecule has 0 radical (unpaired) electrons. The minimum Gasteiger partial charge on any atom is -0.245 e. The Kier molecular flexibility index (Phi) is 1.88. The predicted octanol–water partition coefficient (Wildman–Crippen LogP) is 2.06. The lowest BCUT2D eigenvalue weighted by Gasteiger charge is -1.97. The van der Waals surface area contributed by atoms with Gasteiger partial charge in [0.15, 0.2) is 14.3 Å². The SMILES string of the molecule is Cn1npnc1-c1ccccc1. The van der Waals surface area contributed by atoms with Crippen molar-refractivity contribution < 1.29 is 0 Å². The van der Waals surface area contributed by atoms with E-state index in [9.17, 15) is 0 Å². The van der Waals surface area contributed by atoms with Crippen LogP contribution in [0.3, 0.4) is 0 Å². The van der Waals surface area contributed by atoms with Crippen LogP contribution < -0.4 is 0 Å². The third-order valence-corrected chi connectivity index (χ3v) is 2.28. The molecule has 1 aromatic heterocycles. The van der Waals surface area contributed by atoms with Crippen molar-refractivity contribution >= 4 is 8.51 Å². The van der Waals surface area contributed by atoms with Gasteiger partial charge in [0.05, 0.1) is 0 Å². The van der Waals surface area contributed by atoms with E-state index in [1.54, 1.807) is 4.68 Å². The Morgan fingerprint density at radius 1 is 1.25 bits per heavy atom. The van der Waals surface area contributed by atoms with Gasteiger partial charge in [0.1, 0.15) is 0 Å². The zero-order valence-electron chi connectivity index (χ0n) is 6.68. The summed E-state index contributed by atoms with van der Waals surface area (Å²) >= 11 is 0. The summed E-state index contributed by atoms with van der Waals surface area (Å²) in [5, 5.41) is 0. The molecule has 0 bridgehead atoms. The molecule has 2 aromatic rings. The quantitative estimate of drug-likeness (QED) is 0.667. The van der Waals surface area contributed by atoms with E-state index in [4.69, 9.17) is 0 Å². The van der Waals surface area contributed by atoms with Crippen LogP contribution in [0.15, 0.2) is 30.3 Å². The Labute approximate surface area is 72.3 Å². The van der Waals surface area contributed by atoms with Crippen LogP contribution in [0, 0.1) is 0 Å². The molecule has 60 valence electrons. The van der Waals surface area contributed by atoms with Crippen molar-refractivity contribution in [3.63, 3.8) is 0 Å². The molecule has 0 amide bonds. The fourth-order valence-electron chi connectivity index (χ4n) is 1.06. The molecule has 0 saturated carbocycles. The number of aryl methyl sites for hydroxylation is 1. The zero-order valence-corrected chi connectivity index (χ0v) is 7.57. The van der Waals surface area contributed by atoms with Crippen molar-refractivity contribution in [2.24, 2.45) is 7.05 Å². The van der Waals surface area contributed by atoms with Crippen molar-refractivity contribution in [2.45, 2.75) is 0 Å². The molecule has 2 rings (SSSR count). The molecule has 0 atom stereocenters. The molecular weight excluding hydrogens is 169 g/mol. The number of nitrogens with zero attached hydrogens (tertiary/aromatic N) is 3. The van der Waals surface area contributed by atoms with E-state index in [1.165, 1.54) is 0 Å². The van der Waals surface area contributed by atoms with Crippen LogP contribution in [-0.4, -0.2) is 14.3 Å². The number of hydrogen-bond acceptors (Lipinski definition) is 2. The zero-order chi connectivity index (χ0) is 8.39. The third-order valence-electron chi connectivity index (χ3n) is 1.65. The minimum atomic E-state index is 0.779. The highest BCUT2D eigenvalue weighted by atomic mass is 31.1. The molecule has 12 heavy (non-hydrogen) atoms. The van der Waals surface area contributed by atoms with Gasteiger partial charge in [-0.05, 0) is 0 Å². The van der Waals surface area contributed by atoms with Crippen molar-refractivity contribution in [2.75, 3.05) is 0 Å². The maximum Gasteiger partial charge on any atom is 0.178 e. The maximum atomic E-state index is 4.24. The summed E-state index contributed by atoms with van der Waals surface area (Å²) in [6.07, 6.45) is 0. The Balaban J connectivity index is 2.51.